The van der Waals surface area contributed by atoms with Crippen molar-refractivity contribution in [2.75, 3.05) is 45.8 Å². The first-order valence-electron chi connectivity index (χ1n) is 14.4. The molecule has 7 atom stereocenters. The fraction of sp³-hybridized carbons (Fsp3) is 0.962. The summed E-state index contributed by atoms with van der Waals surface area (Å²) in [6.45, 7) is 5.13. The van der Waals surface area contributed by atoms with Gasteiger partial charge in [-0.25, -0.2) is 8.78 Å². The van der Waals surface area contributed by atoms with Crippen LogP contribution in [-0.4, -0.2) is 109 Å². The summed E-state index contributed by atoms with van der Waals surface area (Å²) in [5.41, 5.74) is 12.4. The molecular formula is C26H49F2N7O2. The van der Waals surface area contributed by atoms with Crippen LogP contribution < -0.4 is 27.4 Å². The van der Waals surface area contributed by atoms with E-state index < -0.39 is 42.7 Å². The molecule has 4 fully saturated rings. The number of alkyl halides is 2. The van der Waals surface area contributed by atoms with Gasteiger partial charge in [0.15, 0.2) is 0 Å². The van der Waals surface area contributed by atoms with E-state index in [2.05, 4.69) is 20.9 Å². The van der Waals surface area contributed by atoms with Gasteiger partial charge in [-0.05, 0) is 44.4 Å². The van der Waals surface area contributed by atoms with Gasteiger partial charge in [0.05, 0.1) is 24.2 Å². The van der Waals surface area contributed by atoms with Gasteiger partial charge in [0, 0.05) is 51.9 Å². The Morgan fingerprint density at radius 1 is 1.05 bits per heavy atom. The largest absolute Gasteiger partial charge is 0.379 e. The van der Waals surface area contributed by atoms with Crippen molar-refractivity contribution in [1.82, 2.24) is 25.8 Å². The molecule has 0 bridgehead atoms. The predicted octanol–water partition coefficient (Wildman–Crippen LogP) is 0.0274. The van der Waals surface area contributed by atoms with E-state index in [-0.39, 0.29) is 30.5 Å². The molecular weight excluding hydrogens is 480 g/mol. The molecule has 8 N–H and O–H groups in total. The van der Waals surface area contributed by atoms with Crippen LogP contribution in [0.5, 0.6) is 0 Å². The van der Waals surface area contributed by atoms with E-state index in [4.69, 9.17) is 11.5 Å². The topological polar surface area (TPSA) is 132 Å². The second-order valence-electron chi connectivity index (χ2n) is 12.0. The van der Waals surface area contributed by atoms with Crippen molar-refractivity contribution >= 4 is 5.91 Å². The third-order valence-corrected chi connectivity index (χ3v) is 9.42. The maximum absolute atomic E-state index is 15.3. The molecule has 3 saturated heterocycles. The molecule has 3 heterocycles. The van der Waals surface area contributed by atoms with E-state index in [1.54, 1.807) is 6.92 Å². The summed E-state index contributed by atoms with van der Waals surface area (Å²) in [6.07, 6.45) is 4.12. The molecule has 1 saturated carbocycles. The lowest BCUT2D eigenvalue weighted by molar-refractivity contribution is -0.129. The molecule has 0 radical (unpaired) electrons. The Balaban J connectivity index is 1.47. The van der Waals surface area contributed by atoms with Crippen LogP contribution in [0, 0.1) is 11.3 Å². The Hall–Kier alpha value is -0.950. The summed E-state index contributed by atoms with van der Waals surface area (Å²) in [5.74, 6) is -1.03. The standard InChI is InChI=1S/C26H49F2N7O2/c1-17(36)34-9-11-35(12-10-34)23-19(28)15-31-16-21(23)33-25(37)22(24(29)30)20-13-26(6-3-2-4-7-26)8-5-18(27)14-32-20/h17-24,31-32,36H,2-16,29-30H2,1H3,(H,33,37). The third-order valence-electron chi connectivity index (χ3n) is 9.42. The molecule has 37 heavy (non-hydrogen) atoms. The molecule has 4 aliphatic rings. The minimum absolute atomic E-state index is 0.0105. The van der Waals surface area contributed by atoms with Crippen LogP contribution in [0.3, 0.4) is 0 Å². The van der Waals surface area contributed by atoms with Gasteiger partial charge < -0.3 is 32.5 Å². The van der Waals surface area contributed by atoms with Gasteiger partial charge in [-0.15, -0.1) is 0 Å². The number of nitrogens with two attached hydrogens (primary N) is 2. The molecule has 0 aromatic heterocycles. The van der Waals surface area contributed by atoms with Gasteiger partial charge in [0.2, 0.25) is 5.91 Å². The number of rotatable bonds is 6. The van der Waals surface area contributed by atoms with Crippen LogP contribution in [-0.2, 0) is 4.79 Å². The van der Waals surface area contributed by atoms with E-state index in [0.717, 1.165) is 38.5 Å². The summed E-state index contributed by atoms with van der Waals surface area (Å²) in [6, 6.07) is -1.25. The molecule has 4 rings (SSSR count). The number of piperidine rings is 1. The molecule has 1 spiro atoms. The fourth-order valence-electron chi connectivity index (χ4n) is 7.30. The van der Waals surface area contributed by atoms with Crippen molar-refractivity contribution in [3.05, 3.63) is 0 Å². The zero-order valence-electron chi connectivity index (χ0n) is 22.4. The molecule has 3 aliphatic heterocycles. The Labute approximate surface area is 220 Å². The number of nitrogens with zero attached hydrogens (tertiary/aromatic N) is 2. The number of aliphatic hydroxyl groups is 1. The number of carbonyl (C=O) groups excluding carboxylic acids is 1. The monoisotopic (exact) mass is 529 g/mol. The molecule has 214 valence electrons. The van der Waals surface area contributed by atoms with Crippen LogP contribution in [0.2, 0.25) is 0 Å². The summed E-state index contributed by atoms with van der Waals surface area (Å²) in [4.78, 5) is 17.8. The van der Waals surface area contributed by atoms with E-state index in [1.165, 1.54) is 6.42 Å². The Morgan fingerprint density at radius 3 is 2.41 bits per heavy atom. The van der Waals surface area contributed by atoms with E-state index >= 15 is 4.39 Å². The van der Waals surface area contributed by atoms with Gasteiger partial charge in [0.25, 0.3) is 0 Å². The first kappa shape index (κ1) is 29.0. The maximum atomic E-state index is 15.3. The van der Waals surface area contributed by atoms with Crippen LogP contribution in [0.15, 0.2) is 0 Å². The molecule has 1 amide bonds. The number of halogens is 2. The first-order valence-corrected chi connectivity index (χ1v) is 14.4. The summed E-state index contributed by atoms with van der Waals surface area (Å²) in [7, 11) is 0. The molecule has 0 aromatic rings. The average molecular weight is 530 g/mol. The molecule has 1 aliphatic carbocycles. The van der Waals surface area contributed by atoms with Crippen molar-refractivity contribution in [2.24, 2.45) is 22.8 Å². The summed E-state index contributed by atoms with van der Waals surface area (Å²) < 4.78 is 29.9. The number of nitrogens with one attached hydrogen (secondary N) is 3. The van der Waals surface area contributed by atoms with Crippen molar-refractivity contribution < 1.29 is 18.7 Å². The lowest BCUT2D eigenvalue weighted by Crippen LogP contribution is -2.69. The fourth-order valence-corrected chi connectivity index (χ4v) is 7.30. The second kappa shape index (κ2) is 12.9. The molecule has 9 nitrogen and oxygen atoms in total. The van der Waals surface area contributed by atoms with Gasteiger partial charge in [0.1, 0.15) is 18.6 Å². The SMILES string of the molecule is CC(O)N1CCN(C2C(F)CNCC2NC(=O)C(C(N)N)C2CC3(CCCCC3)CCC(F)CN2)CC1. The smallest absolute Gasteiger partial charge is 0.227 e. The van der Waals surface area contributed by atoms with Crippen molar-refractivity contribution in [2.45, 2.75) is 101 Å². The van der Waals surface area contributed by atoms with Crippen LogP contribution >= 0.6 is 0 Å². The number of piperazine rings is 1. The highest BCUT2D eigenvalue weighted by atomic mass is 19.1. The summed E-state index contributed by atoms with van der Waals surface area (Å²) >= 11 is 0. The third kappa shape index (κ3) is 7.17. The second-order valence-corrected chi connectivity index (χ2v) is 12.0. The van der Waals surface area contributed by atoms with Gasteiger partial charge in [-0.3, -0.25) is 14.6 Å². The molecule has 0 aromatic carbocycles. The van der Waals surface area contributed by atoms with E-state index in [0.29, 0.717) is 39.1 Å². The number of hydrogen-bond acceptors (Lipinski definition) is 8. The molecule has 7 unspecified atom stereocenters. The highest BCUT2D eigenvalue weighted by Crippen LogP contribution is 2.46. The highest BCUT2D eigenvalue weighted by Gasteiger charge is 2.44. The first-order chi connectivity index (χ1) is 17.7. The Morgan fingerprint density at radius 2 is 1.76 bits per heavy atom. The average Bonchev–Trinajstić information content (AvgIpc) is 2.86. The number of amides is 1. The van der Waals surface area contributed by atoms with E-state index in [9.17, 15) is 14.3 Å². The van der Waals surface area contributed by atoms with Crippen LogP contribution in [0.1, 0.15) is 58.3 Å². The quantitative estimate of drug-likeness (QED) is 0.266. The number of carbonyl (C=O) groups is 1. The minimum atomic E-state index is -1.14. The summed E-state index contributed by atoms with van der Waals surface area (Å²) in [5, 5.41) is 19.4. The Kier molecular flexibility index (Phi) is 10.2. The van der Waals surface area contributed by atoms with Crippen molar-refractivity contribution in [1.29, 1.82) is 0 Å². The van der Waals surface area contributed by atoms with Gasteiger partial charge >= 0.3 is 0 Å². The maximum Gasteiger partial charge on any atom is 0.227 e. The van der Waals surface area contributed by atoms with Gasteiger partial charge in [-0.1, -0.05) is 19.3 Å². The minimum Gasteiger partial charge on any atom is -0.379 e. The van der Waals surface area contributed by atoms with Crippen molar-refractivity contribution in [3.63, 3.8) is 0 Å². The zero-order valence-corrected chi connectivity index (χ0v) is 22.4. The lowest BCUT2D eigenvalue weighted by atomic mass is 9.65. The number of hydrogen-bond donors (Lipinski definition) is 6. The van der Waals surface area contributed by atoms with E-state index in [1.807, 2.05) is 4.90 Å². The number of aliphatic hydroxyl groups excluding tert-OH is 1. The van der Waals surface area contributed by atoms with Crippen LogP contribution in [0.4, 0.5) is 8.78 Å². The van der Waals surface area contributed by atoms with Crippen LogP contribution in [0.25, 0.3) is 0 Å². The highest BCUT2D eigenvalue weighted by molar-refractivity contribution is 5.80. The molecule has 11 heteroatoms. The van der Waals surface area contributed by atoms with Gasteiger partial charge in [-0.2, -0.15) is 0 Å². The normalized spacial score (nSPS) is 36.0. The zero-order chi connectivity index (χ0) is 26.6. The predicted molar refractivity (Wildman–Crippen MR) is 140 cm³/mol. The van der Waals surface area contributed by atoms with Crippen molar-refractivity contribution in [3.8, 4) is 0 Å². The Bertz CT molecular complexity index is 732. The lowest BCUT2D eigenvalue weighted by Gasteiger charge is -2.47.